The molecule has 158 valence electrons. The quantitative estimate of drug-likeness (QED) is 0.527. The highest BCUT2D eigenvalue weighted by Gasteiger charge is 2.19. The first-order valence-corrected chi connectivity index (χ1v) is 10.4. The van der Waals surface area contributed by atoms with Crippen LogP contribution in [-0.4, -0.2) is 33.7 Å². The van der Waals surface area contributed by atoms with Gasteiger partial charge in [0.15, 0.2) is 5.65 Å². The Labute approximate surface area is 180 Å². The Morgan fingerprint density at radius 1 is 1.13 bits per heavy atom. The summed E-state index contributed by atoms with van der Waals surface area (Å²) in [5.41, 5.74) is 10.6. The molecule has 2 aromatic heterocycles. The van der Waals surface area contributed by atoms with Crippen molar-refractivity contribution in [2.45, 2.75) is 25.5 Å². The molecule has 2 N–H and O–H groups in total. The minimum atomic E-state index is -0.335. The van der Waals surface area contributed by atoms with Crippen molar-refractivity contribution in [2.24, 2.45) is 5.73 Å². The normalized spacial score (nSPS) is 17.3. The van der Waals surface area contributed by atoms with E-state index >= 15 is 0 Å². The Balaban J connectivity index is 1.40. The van der Waals surface area contributed by atoms with Gasteiger partial charge in [0.1, 0.15) is 11.9 Å². The number of anilines is 1. The van der Waals surface area contributed by atoms with Gasteiger partial charge in [0.25, 0.3) is 0 Å². The first-order chi connectivity index (χ1) is 15.1. The van der Waals surface area contributed by atoms with Gasteiger partial charge >= 0.3 is 0 Å². The zero-order valence-electron chi connectivity index (χ0n) is 17.3. The van der Waals surface area contributed by atoms with Crippen LogP contribution in [-0.2, 0) is 0 Å². The summed E-state index contributed by atoms with van der Waals surface area (Å²) in [6.45, 7) is 3.75. The highest BCUT2D eigenvalue weighted by atomic mass is 19.1. The Hall–Kier alpha value is -3.45. The molecule has 3 heterocycles. The van der Waals surface area contributed by atoms with Crippen molar-refractivity contribution in [3.8, 4) is 17.1 Å². The number of halogens is 1. The van der Waals surface area contributed by atoms with Crippen molar-refractivity contribution in [2.75, 3.05) is 18.0 Å². The molecule has 4 aromatic rings. The van der Waals surface area contributed by atoms with E-state index in [1.54, 1.807) is 16.6 Å². The summed E-state index contributed by atoms with van der Waals surface area (Å²) in [6, 6.07) is 18.7. The van der Waals surface area contributed by atoms with Crippen LogP contribution in [0.2, 0.25) is 0 Å². The molecule has 31 heavy (non-hydrogen) atoms. The molecule has 1 aliphatic heterocycles. The number of nitrogens with zero attached hydrogens (tertiary/aromatic N) is 4. The van der Waals surface area contributed by atoms with Gasteiger partial charge in [0.05, 0.1) is 11.9 Å². The largest absolute Gasteiger partial charge is 0.469 e. The average Bonchev–Trinajstić information content (AvgIpc) is 3.40. The molecule has 2 atom stereocenters. The number of aromatic nitrogens is 3. The van der Waals surface area contributed by atoms with Crippen molar-refractivity contribution in [3.63, 3.8) is 0 Å². The molecule has 0 saturated carbocycles. The van der Waals surface area contributed by atoms with Crippen molar-refractivity contribution < 1.29 is 9.13 Å². The van der Waals surface area contributed by atoms with Crippen LogP contribution < -0.4 is 15.4 Å². The summed E-state index contributed by atoms with van der Waals surface area (Å²) >= 11 is 0. The number of imidazole rings is 1. The molecule has 1 saturated heterocycles. The van der Waals surface area contributed by atoms with E-state index in [1.807, 2.05) is 25.3 Å². The second-order valence-corrected chi connectivity index (χ2v) is 7.94. The summed E-state index contributed by atoms with van der Waals surface area (Å²) in [4.78, 5) is 6.77. The maximum absolute atomic E-state index is 13.5. The summed E-state index contributed by atoms with van der Waals surface area (Å²) in [5.74, 6) is 0.166. The van der Waals surface area contributed by atoms with Crippen LogP contribution in [0.25, 0.3) is 16.9 Å². The molecular weight excluding hydrogens is 393 g/mol. The Kier molecular flexibility index (Phi) is 5.03. The summed E-state index contributed by atoms with van der Waals surface area (Å²) in [6.07, 6.45) is 2.50. The molecule has 0 amide bonds. The molecule has 0 spiro atoms. The van der Waals surface area contributed by atoms with Gasteiger partial charge in [-0.3, -0.25) is 0 Å². The molecular formula is C24H24FN5O. The van der Waals surface area contributed by atoms with Crippen molar-refractivity contribution in [1.29, 1.82) is 0 Å². The van der Waals surface area contributed by atoms with Crippen LogP contribution >= 0.6 is 0 Å². The molecule has 0 aliphatic carbocycles. The first-order valence-electron chi connectivity index (χ1n) is 10.4. The molecule has 0 radical (unpaired) electrons. The number of ether oxygens (including phenoxy) is 1. The van der Waals surface area contributed by atoms with Gasteiger partial charge in [-0.15, -0.1) is 5.10 Å². The maximum Gasteiger partial charge on any atom is 0.232 e. The van der Waals surface area contributed by atoms with Crippen molar-refractivity contribution >= 4 is 11.3 Å². The minimum absolute atomic E-state index is 0.246. The molecule has 0 unspecified atom stereocenters. The van der Waals surface area contributed by atoms with E-state index in [-0.39, 0.29) is 18.0 Å². The SMILES string of the molecule is C[C@@H](Oc1ccc2ncc(-c3ccc(N4CC[C@H](N)C4)cc3)n2n1)c1cccc(F)c1. The summed E-state index contributed by atoms with van der Waals surface area (Å²) in [7, 11) is 0. The van der Waals surface area contributed by atoms with Crippen LogP contribution in [0.1, 0.15) is 25.0 Å². The van der Waals surface area contributed by atoms with Crippen molar-refractivity contribution in [1.82, 2.24) is 14.6 Å². The third-order valence-corrected chi connectivity index (χ3v) is 5.71. The fraction of sp³-hybridized carbons (Fsp3) is 0.250. The first kappa shape index (κ1) is 19.5. The monoisotopic (exact) mass is 417 g/mol. The Morgan fingerprint density at radius 3 is 2.71 bits per heavy atom. The standard InChI is InChI=1S/C24H24FN5O/c1-16(18-3-2-4-19(25)13-18)31-24-10-9-23-27-14-22(30(23)28-24)17-5-7-21(8-6-17)29-12-11-20(26)15-29/h2-10,13-14,16,20H,11-12,15,26H2,1H3/t16-,20+/m1/s1. The van der Waals surface area contributed by atoms with Gasteiger partial charge in [-0.1, -0.05) is 24.3 Å². The van der Waals surface area contributed by atoms with Gasteiger partial charge < -0.3 is 15.4 Å². The van der Waals surface area contributed by atoms with E-state index in [1.165, 1.54) is 17.8 Å². The number of benzene rings is 2. The average molecular weight is 417 g/mol. The van der Waals surface area contributed by atoms with Gasteiger partial charge in [-0.25, -0.2) is 13.9 Å². The van der Waals surface area contributed by atoms with E-state index in [2.05, 4.69) is 39.2 Å². The third-order valence-electron chi connectivity index (χ3n) is 5.71. The van der Waals surface area contributed by atoms with Gasteiger partial charge in [-0.2, -0.15) is 0 Å². The molecule has 0 bridgehead atoms. The second kappa shape index (κ2) is 8.00. The Bertz CT molecular complexity index is 1210. The molecule has 6 nitrogen and oxygen atoms in total. The van der Waals surface area contributed by atoms with E-state index in [4.69, 9.17) is 10.5 Å². The lowest BCUT2D eigenvalue weighted by Crippen LogP contribution is -2.26. The molecule has 1 fully saturated rings. The smallest absolute Gasteiger partial charge is 0.232 e. The fourth-order valence-electron chi connectivity index (χ4n) is 3.99. The highest BCUT2D eigenvalue weighted by Crippen LogP contribution is 2.27. The lowest BCUT2D eigenvalue weighted by Gasteiger charge is -2.18. The predicted octanol–water partition coefficient (Wildman–Crippen LogP) is 4.21. The molecule has 2 aromatic carbocycles. The lowest BCUT2D eigenvalue weighted by atomic mass is 10.1. The number of rotatable bonds is 5. The second-order valence-electron chi connectivity index (χ2n) is 7.94. The molecule has 7 heteroatoms. The zero-order chi connectivity index (χ0) is 21.4. The minimum Gasteiger partial charge on any atom is -0.469 e. The van der Waals surface area contributed by atoms with Crippen LogP contribution in [0.5, 0.6) is 5.88 Å². The van der Waals surface area contributed by atoms with E-state index < -0.39 is 0 Å². The number of fused-ring (bicyclic) bond motifs is 1. The summed E-state index contributed by atoms with van der Waals surface area (Å²) in [5, 5.41) is 4.62. The predicted molar refractivity (Wildman–Crippen MR) is 119 cm³/mol. The van der Waals surface area contributed by atoms with Crippen LogP contribution in [0.3, 0.4) is 0 Å². The Morgan fingerprint density at radius 2 is 1.97 bits per heavy atom. The molecule has 1 aliphatic rings. The van der Waals surface area contributed by atoms with Crippen LogP contribution in [0.4, 0.5) is 10.1 Å². The van der Waals surface area contributed by atoms with Gasteiger partial charge in [-0.05, 0) is 49.2 Å². The van der Waals surface area contributed by atoms with Crippen molar-refractivity contribution in [3.05, 3.63) is 78.2 Å². The maximum atomic E-state index is 13.5. The lowest BCUT2D eigenvalue weighted by molar-refractivity contribution is 0.214. The zero-order valence-corrected chi connectivity index (χ0v) is 17.3. The topological polar surface area (TPSA) is 68.7 Å². The van der Waals surface area contributed by atoms with Gasteiger partial charge in [0, 0.05) is 36.4 Å². The van der Waals surface area contributed by atoms with E-state index in [0.717, 1.165) is 42.0 Å². The van der Waals surface area contributed by atoms with Crippen LogP contribution in [0.15, 0.2) is 66.9 Å². The number of hydrogen-bond donors (Lipinski definition) is 1. The summed E-state index contributed by atoms with van der Waals surface area (Å²) < 4.78 is 21.3. The molecule has 5 rings (SSSR count). The van der Waals surface area contributed by atoms with E-state index in [0.29, 0.717) is 5.88 Å². The van der Waals surface area contributed by atoms with Crippen LogP contribution in [0, 0.1) is 5.82 Å². The fourth-order valence-corrected chi connectivity index (χ4v) is 3.99. The van der Waals surface area contributed by atoms with Gasteiger partial charge in [0.2, 0.25) is 5.88 Å². The van der Waals surface area contributed by atoms with E-state index in [9.17, 15) is 4.39 Å². The number of hydrogen-bond acceptors (Lipinski definition) is 5. The highest BCUT2D eigenvalue weighted by molar-refractivity contribution is 5.66. The number of nitrogens with two attached hydrogens (primary N) is 1. The third kappa shape index (κ3) is 3.96.